The molecule has 2 rings (SSSR count). The molecule has 2 aromatic heterocycles. The quantitative estimate of drug-likeness (QED) is 0.737. The van der Waals surface area contributed by atoms with Crippen molar-refractivity contribution in [3.8, 4) is 11.3 Å². The largest absolute Gasteiger partial charge is 0.261 e. The van der Waals surface area contributed by atoms with Crippen LogP contribution in [0.5, 0.6) is 0 Å². The van der Waals surface area contributed by atoms with Crippen LogP contribution in [0, 0.1) is 13.8 Å². The Morgan fingerprint density at radius 3 is 2.50 bits per heavy atom. The first kappa shape index (κ1) is 12.7. The van der Waals surface area contributed by atoms with E-state index in [0.29, 0.717) is 5.92 Å². The topological polar surface area (TPSA) is 16.8 Å². The summed E-state index contributed by atoms with van der Waals surface area (Å²) in [7, 11) is 2.08. The van der Waals surface area contributed by atoms with E-state index in [1.807, 2.05) is 13.1 Å². The number of hydrogen-bond acceptors (Lipinski definition) is 1. The Labute approximate surface area is 109 Å². The molecule has 0 aromatic carbocycles. The maximum atomic E-state index is 4.42. The number of rotatable bonds is 2. The third-order valence-corrected chi connectivity index (χ3v) is 3.36. The van der Waals surface area contributed by atoms with Crippen molar-refractivity contribution in [2.75, 3.05) is 0 Å². The van der Waals surface area contributed by atoms with Crippen LogP contribution < -0.4 is 4.57 Å². The van der Waals surface area contributed by atoms with E-state index in [0.717, 1.165) is 5.69 Å². The molecule has 0 aliphatic rings. The molecule has 18 heavy (non-hydrogen) atoms. The van der Waals surface area contributed by atoms with Crippen molar-refractivity contribution in [3.63, 3.8) is 0 Å². The third kappa shape index (κ3) is 2.42. The highest BCUT2D eigenvalue weighted by atomic mass is 14.9. The third-order valence-electron chi connectivity index (χ3n) is 3.36. The number of aryl methyl sites for hydroxylation is 3. The average Bonchev–Trinajstić information content (AvgIpc) is 2.30. The van der Waals surface area contributed by atoms with Gasteiger partial charge in [-0.1, -0.05) is 13.8 Å². The van der Waals surface area contributed by atoms with Gasteiger partial charge in [0.15, 0.2) is 6.20 Å². The van der Waals surface area contributed by atoms with Gasteiger partial charge in [0.25, 0.3) is 0 Å². The molecule has 0 bridgehead atoms. The lowest BCUT2D eigenvalue weighted by Gasteiger charge is -2.08. The van der Waals surface area contributed by atoms with Crippen LogP contribution >= 0.6 is 0 Å². The van der Waals surface area contributed by atoms with Crippen molar-refractivity contribution in [3.05, 3.63) is 47.4 Å². The second kappa shape index (κ2) is 4.89. The highest BCUT2D eigenvalue weighted by Gasteiger charge is 2.14. The van der Waals surface area contributed by atoms with Crippen LogP contribution in [0.1, 0.15) is 36.6 Å². The van der Waals surface area contributed by atoms with Gasteiger partial charge < -0.3 is 0 Å². The molecule has 0 aliphatic heterocycles. The summed E-state index contributed by atoms with van der Waals surface area (Å²) in [6.45, 7) is 8.62. The minimum atomic E-state index is 0.545. The summed E-state index contributed by atoms with van der Waals surface area (Å²) in [6, 6.07) is 6.59. The molecular weight excluding hydrogens is 220 g/mol. The lowest BCUT2D eigenvalue weighted by molar-refractivity contribution is -0.660. The van der Waals surface area contributed by atoms with Gasteiger partial charge in [-0.15, -0.1) is 0 Å². The molecule has 0 saturated carbocycles. The SMILES string of the molecule is Cc1cc(C)c(-c2cc(C(C)C)cc[n+]2C)cn1. The average molecular weight is 241 g/mol. The summed E-state index contributed by atoms with van der Waals surface area (Å²) in [5.41, 5.74) is 6.15. The standard InChI is InChI=1S/C16H21N2/c1-11(2)14-6-7-18(5)16(9-14)15-10-17-13(4)8-12(15)3/h6-11H,1-5H3/q+1. The molecule has 0 unspecified atom stereocenters. The monoisotopic (exact) mass is 241 g/mol. The molecular formula is C16H21N2+. The first-order valence-electron chi connectivity index (χ1n) is 6.42. The number of pyridine rings is 2. The minimum absolute atomic E-state index is 0.545. The van der Waals surface area contributed by atoms with Gasteiger partial charge in [0.05, 0.1) is 5.56 Å². The molecule has 2 aromatic rings. The van der Waals surface area contributed by atoms with Gasteiger partial charge in [0, 0.05) is 24.0 Å². The summed E-state index contributed by atoms with van der Waals surface area (Å²) < 4.78 is 2.16. The molecule has 2 heterocycles. The molecule has 0 fully saturated rings. The number of aromatic nitrogens is 2. The second-order valence-electron chi connectivity index (χ2n) is 5.25. The van der Waals surface area contributed by atoms with Gasteiger partial charge in [-0.25, -0.2) is 4.57 Å². The summed E-state index contributed by atoms with van der Waals surface area (Å²) in [5, 5.41) is 0. The summed E-state index contributed by atoms with van der Waals surface area (Å²) in [5.74, 6) is 0.545. The normalized spacial score (nSPS) is 11.0. The fraction of sp³-hybridized carbons (Fsp3) is 0.375. The van der Waals surface area contributed by atoms with Crippen molar-refractivity contribution in [2.45, 2.75) is 33.6 Å². The maximum absolute atomic E-state index is 4.42. The van der Waals surface area contributed by atoms with Crippen molar-refractivity contribution < 1.29 is 4.57 Å². The predicted octanol–water partition coefficient (Wildman–Crippen LogP) is 3.31. The molecule has 2 nitrogen and oxygen atoms in total. The van der Waals surface area contributed by atoms with Crippen molar-refractivity contribution in [1.82, 2.24) is 4.98 Å². The van der Waals surface area contributed by atoms with E-state index in [2.05, 4.69) is 61.8 Å². The molecule has 0 radical (unpaired) electrons. The molecule has 0 N–H and O–H groups in total. The fourth-order valence-corrected chi connectivity index (χ4v) is 2.18. The Morgan fingerprint density at radius 1 is 1.17 bits per heavy atom. The number of hydrogen-bond donors (Lipinski definition) is 0. The molecule has 0 atom stereocenters. The maximum Gasteiger partial charge on any atom is 0.214 e. The Balaban J connectivity index is 2.59. The van der Waals surface area contributed by atoms with Gasteiger partial charge in [0.1, 0.15) is 7.05 Å². The lowest BCUT2D eigenvalue weighted by atomic mass is 10.00. The van der Waals surface area contributed by atoms with Crippen LogP contribution in [-0.4, -0.2) is 4.98 Å². The molecule has 0 saturated heterocycles. The zero-order chi connectivity index (χ0) is 13.3. The smallest absolute Gasteiger partial charge is 0.214 e. The van der Waals surface area contributed by atoms with Crippen molar-refractivity contribution in [1.29, 1.82) is 0 Å². The molecule has 0 spiro atoms. The van der Waals surface area contributed by atoms with Crippen LogP contribution in [0.3, 0.4) is 0 Å². The number of nitrogens with zero attached hydrogens (tertiary/aromatic N) is 2. The van der Waals surface area contributed by atoms with E-state index in [4.69, 9.17) is 0 Å². The first-order chi connectivity index (χ1) is 8.49. The van der Waals surface area contributed by atoms with Crippen LogP contribution in [0.2, 0.25) is 0 Å². The highest BCUT2D eigenvalue weighted by molar-refractivity contribution is 5.60. The van der Waals surface area contributed by atoms with Gasteiger partial charge in [-0.05, 0) is 37.0 Å². The predicted molar refractivity (Wildman–Crippen MR) is 74.4 cm³/mol. The van der Waals surface area contributed by atoms with Crippen LogP contribution in [-0.2, 0) is 7.05 Å². The Hall–Kier alpha value is -1.70. The summed E-state index contributed by atoms with van der Waals surface area (Å²) in [4.78, 5) is 4.42. The van der Waals surface area contributed by atoms with Crippen LogP contribution in [0.4, 0.5) is 0 Å². The van der Waals surface area contributed by atoms with E-state index in [-0.39, 0.29) is 0 Å². The van der Waals surface area contributed by atoms with E-state index < -0.39 is 0 Å². The van der Waals surface area contributed by atoms with Gasteiger partial charge in [0.2, 0.25) is 5.69 Å². The Bertz CT molecular complexity index is 571. The summed E-state index contributed by atoms with van der Waals surface area (Å²) in [6.07, 6.45) is 4.11. The van der Waals surface area contributed by atoms with E-state index >= 15 is 0 Å². The van der Waals surface area contributed by atoms with E-state index in [9.17, 15) is 0 Å². The Morgan fingerprint density at radius 2 is 1.89 bits per heavy atom. The summed E-state index contributed by atoms with van der Waals surface area (Å²) >= 11 is 0. The van der Waals surface area contributed by atoms with E-state index in [1.165, 1.54) is 22.4 Å². The molecule has 0 aliphatic carbocycles. The fourth-order valence-electron chi connectivity index (χ4n) is 2.18. The van der Waals surface area contributed by atoms with Crippen molar-refractivity contribution >= 4 is 0 Å². The second-order valence-corrected chi connectivity index (χ2v) is 5.25. The van der Waals surface area contributed by atoms with Crippen molar-refractivity contribution in [2.24, 2.45) is 7.05 Å². The first-order valence-corrected chi connectivity index (χ1v) is 6.42. The zero-order valence-corrected chi connectivity index (χ0v) is 11.9. The molecule has 2 heteroatoms. The van der Waals surface area contributed by atoms with Crippen LogP contribution in [0.15, 0.2) is 30.6 Å². The van der Waals surface area contributed by atoms with Gasteiger partial charge >= 0.3 is 0 Å². The van der Waals surface area contributed by atoms with Gasteiger partial charge in [-0.3, -0.25) is 4.98 Å². The highest BCUT2D eigenvalue weighted by Crippen LogP contribution is 2.23. The molecule has 94 valence electrons. The van der Waals surface area contributed by atoms with E-state index in [1.54, 1.807) is 0 Å². The lowest BCUT2D eigenvalue weighted by Crippen LogP contribution is -2.31. The molecule has 0 amide bonds. The van der Waals surface area contributed by atoms with Gasteiger partial charge in [-0.2, -0.15) is 0 Å². The minimum Gasteiger partial charge on any atom is -0.261 e. The van der Waals surface area contributed by atoms with Crippen LogP contribution in [0.25, 0.3) is 11.3 Å². The Kier molecular flexibility index (Phi) is 3.46. The zero-order valence-electron chi connectivity index (χ0n) is 11.9.